The average molecular weight is 295 g/mol. The third kappa shape index (κ3) is 6.35. The van der Waals surface area contributed by atoms with Gasteiger partial charge in [0.05, 0.1) is 20.3 Å². The maximum absolute atomic E-state index is 8.83. The van der Waals surface area contributed by atoms with Crippen LogP contribution in [0.15, 0.2) is 29.3 Å². The van der Waals surface area contributed by atoms with E-state index in [2.05, 4.69) is 15.6 Å². The predicted molar refractivity (Wildman–Crippen MR) is 84.2 cm³/mol. The number of nitrogens with one attached hydrogen (secondary N) is 2. The number of hydrogen-bond acceptors (Lipinski definition) is 4. The SMILES string of the molecule is CCNC(=NCC(C)Oc1ccccc1OC)NCCO. The van der Waals surface area contributed by atoms with Crippen molar-refractivity contribution in [3.05, 3.63) is 24.3 Å². The van der Waals surface area contributed by atoms with Gasteiger partial charge in [0.2, 0.25) is 0 Å². The van der Waals surface area contributed by atoms with Crippen LogP contribution in [0.3, 0.4) is 0 Å². The molecule has 1 rings (SSSR count). The van der Waals surface area contributed by atoms with Gasteiger partial charge in [-0.3, -0.25) is 0 Å². The van der Waals surface area contributed by atoms with Crippen molar-refractivity contribution < 1.29 is 14.6 Å². The fourth-order valence-electron chi connectivity index (χ4n) is 1.71. The number of hydrogen-bond donors (Lipinski definition) is 3. The molecule has 0 saturated carbocycles. The van der Waals surface area contributed by atoms with Gasteiger partial charge >= 0.3 is 0 Å². The van der Waals surface area contributed by atoms with Crippen LogP contribution in [0, 0.1) is 0 Å². The molecule has 0 aliphatic rings. The maximum Gasteiger partial charge on any atom is 0.191 e. The van der Waals surface area contributed by atoms with Crippen LogP contribution in [-0.4, -0.2) is 50.5 Å². The first kappa shape index (κ1) is 17.1. The minimum atomic E-state index is -0.0918. The van der Waals surface area contributed by atoms with E-state index in [9.17, 15) is 0 Å². The lowest BCUT2D eigenvalue weighted by Crippen LogP contribution is -2.39. The predicted octanol–water partition coefficient (Wildman–Crippen LogP) is 1.01. The summed E-state index contributed by atoms with van der Waals surface area (Å²) in [6, 6.07) is 7.53. The number of aliphatic imine (C=N–C) groups is 1. The van der Waals surface area contributed by atoms with Crippen LogP contribution in [0.5, 0.6) is 11.5 Å². The number of nitrogens with zero attached hydrogens (tertiary/aromatic N) is 1. The van der Waals surface area contributed by atoms with Crippen molar-refractivity contribution in [3.8, 4) is 11.5 Å². The minimum absolute atomic E-state index is 0.0671. The van der Waals surface area contributed by atoms with Crippen LogP contribution in [-0.2, 0) is 0 Å². The van der Waals surface area contributed by atoms with Crippen molar-refractivity contribution in [2.45, 2.75) is 20.0 Å². The lowest BCUT2D eigenvalue weighted by atomic mass is 10.3. The summed E-state index contributed by atoms with van der Waals surface area (Å²) in [6.45, 7) is 5.74. The monoisotopic (exact) mass is 295 g/mol. The summed E-state index contributed by atoms with van der Waals surface area (Å²) in [6.07, 6.45) is -0.0918. The van der Waals surface area contributed by atoms with E-state index in [1.807, 2.05) is 38.1 Å². The van der Waals surface area contributed by atoms with Crippen LogP contribution < -0.4 is 20.1 Å². The van der Waals surface area contributed by atoms with E-state index < -0.39 is 0 Å². The number of aliphatic hydroxyl groups excluding tert-OH is 1. The van der Waals surface area contributed by atoms with Gasteiger partial charge in [-0.05, 0) is 26.0 Å². The minimum Gasteiger partial charge on any atom is -0.493 e. The number of ether oxygens (including phenoxy) is 2. The molecule has 0 saturated heterocycles. The number of para-hydroxylation sites is 2. The molecule has 3 N–H and O–H groups in total. The van der Waals surface area contributed by atoms with Gasteiger partial charge in [-0.1, -0.05) is 12.1 Å². The van der Waals surface area contributed by atoms with Crippen LogP contribution in [0.25, 0.3) is 0 Å². The highest BCUT2D eigenvalue weighted by Gasteiger charge is 2.08. The highest BCUT2D eigenvalue weighted by Crippen LogP contribution is 2.26. The Hall–Kier alpha value is -1.95. The number of guanidine groups is 1. The van der Waals surface area contributed by atoms with E-state index in [-0.39, 0.29) is 12.7 Å². The molecule has 0 fully saturated rings. The molecular formula is C15H25N3O3. The van der Waals surface area contributed by atoms with E-state index in [0.717, 1.165) is 6.54 Å². The molecule has 6 nitrogen and oxygen atoms in total. The zero-order chi connectivity index (χ0) is 15.5. The van der Waals surface area contributed by atoms with E-state index in [0.29, 0.717) is 30.5 Å². The Morgan fingerprint density at radius 2 is 2.00 bits per heavy atom. The fraction of sp³-hybridized carbons (Fsp3) is 0.533. The van der Waals surface area contributed by atoms with Gasteiger partial charge in [0.1, 0.15) is 6.10 Å². The summed E-state index contributed by atoms with van der Waals surface area (Å²) < 4.78 is 11.1. The van der Waals surface area contributed by atoms with Crippen LogP contribution in [0.1, 0.15) is 13.8 Å². The van der Waals surface area contributed by atoms with Gasteiger partial charge in [0.15, 0.2) is 17.5 Å². The Kier molecular flexibility index (Phi) is 8.04. The first-order valence-electron chi connectivity index (χ1n) is 7.14. The fourth-order valence-corrected chi connectivity index (χ4v) is 1.71. The molecule has 0 radical (unpaired) electrons. The number of aliphatic hydroxyl groups is 1. The quantitative estimate of drug-likeness (QED) is 0.493. The van der Waals surface area contributed by atoms with Crippen LogP contribution >= 0.6 is 0 Å². The highest BCUT2D eigenvalue weighted by atomic mass is 16.5. The molecule has 0 amide bonds. The van der Waals surface area contributed by atoms with Gasteiger partial charge < -0.3 is 25.2 Å². The summed E-state index contributed by atoms with van der Waals surface area (Å²) in [5.74, 6) is 2.08. The Balaban J connectivity index is 2.56. The van der Waals surface area contributed by atoms with E-state index in [4.69, 9.17) is 14.6 Å². The normalized spacial score (nSPS) is 12.7. The van der Waals surface area contributed by atoms with Crippen LogP contribution in [0.2, 0.25) is 0 Å². The molecule has 0 heterocycles. The second kappa shape index (κ2) is 9.88. The zero-order valence-corrected chi connectivity index (χ0v) is 12.9. The van der Waals surface area contributed by atoms with Crippen molar-refractivity contribution in [3.63, 3.8) is 0 Å². The first-order valence-corrected chi connectivity index (χ1v) is 7.14. The highest BCUT2D eigenvalue weighted by molar-refractivity contribution is 5.79. The first-order chi connectivity index (χ1) is 10.2. The Morgan fingerprint density at radius 3 is 2.62 bits per heavy atom. The number of methoxy groups -OCH3 is 1. The molecule has 1 atom stereocenters. The molecule has 1 aromatic carbocycles. The molecule has 1 aromatic rings. The molecule has 1 unspecified atom stereocenters. The summed E-state index contributed by atoms with van der Waals surface area (Å²) >= 11 is 0. The average Bonchev–Trinajstić information content (AvgIpc) is 2.50. The van der Waals surface area contributed by atoms with Crippen LogP contribution in [0.4, 0.5) is 0 Å². The second-order valence-electron chi connectivity index (χ2n) is 4.45. The maximum atomic E-state index is 8.83. The van der Waals surface area contributed by atoms with Gasteiger partial charge in [0.25, 0.3) is 0 Å². The summed E-state index contributed by atoms with van der Waals surface area (Å²) in [4.78, 5) is 4.42. The van der Waals surface area contributed by atoms with E-state index in [1.54, 1.807) is 7.11 Å². The third-order valence-corrected chi connectivity index (χ3v) is 2.65. The lowest BCUT2D eigenvalue weighted by Gasteiger charge is -2.16. The Morgan fingerprint density at radius 1 is 1.29 bits per heavy atom. The molecule has 0 aliphatic carbocycles. The Labute approximate surface area is 126 Å². The topological polar surface area (TPSA) is 75.1 Å². The molecule has 0 aliphatic heterocycles. The summed E-state index contributed by atoms with van der Waals surface area (Å²) in [5.41, 5.74) is 0. The van der Waals surface area contributed by atoms with E-state index >= 15 is 0 Å². The van der Waals surface area contributed by atoms with Crippen molar-refractivity contribution in [2.24, 2.45) is 4.99 Å². The Bertz CT molecular complexity index is 438. The van der Waals surface area contributed by atoms with Crippen molar-refractivity contribution in [1.29, 1.82) is 0 Å². The smallest absolute Gasteiger partial charge is 0.191 e. The molecule has 0 spiro atoms. The lowest BCUT2D eigenvalue weighted by molar-refractivity contribution is 0.219. The molecule has 0 bridgehead atoms. The summed E-state index contributed by atoms with van der Waals surface area (Å²) in [7, 11) is 1.62. The molecule has 21 heavy (non-hydrogen) atoms. The molecule has 6 heteroatoms. The third-order valence-electron chi connectivity index (χ3n) is 2.65. The summed E-state index contributed by atoms with van der Waals surface area (Å²) in [5, 5.41) is 15.0. The van der Waals surface area contributed by atoms with Gasteiger partial charge in [-0.15, -0.1) is 0 Å². The number of rotatable bonds is 8. The van der Waals surface area contributed by atoms with Crippen molar-refractivity contribution >= 4 is 5.96 Å². The van der Waals surface area contributed by atoms with E-state index in [1.165, 1.54) is 0 Å². The standard InChI is InChI=1S/C15H25N3O3/c1-4-16-15(17-9-10-19)18-11-12(2)21-14-8-6-5-7-13(14)20-3/h5-8,12,19H,4,9-11H2,1-3H3,(H2,16,17,18). The van der Waals surface area contributed by atoms with Gasteiger partial charge in [0, 0.05) is 13.1 Å². The zero-order valence-electron chi connectivity index (χ0n) is 12.9. The number of benzene rings is 1. The molecule has 118 valence electrons. The second-order valence-corrected chi connectivity index (χ2v) is 4.45. The van der Waals surface area contributed by atoms with Crippen molar-refractivity contribution in [1.82, 2.24) is 10.6 Å². The molecule has 0 aromatic heterocycles. The van der Waals surface area contributed by atoms with Gasteiger partial charge in [-0.25, -0.2) is 4.99 Å². The van der Waals surface area contributed by atoms with Gasteiger partial charge in [-0.2, -0.15) is 0 Å². The molecular weight excluding hydrogens is 270 g/mol. The largest absolute Gasteiger partial charge is 0.493 e. The van der Waals surface area contributed by atoms with Crippen molar-refractivity contribution in [2.75, 3.05) is 33.4 Å².